The Balaban J connectivity index is 0.00000156. The summed E-state index contributed by atoms with van der Waals surface area (Å²) < 4.78 is 45.1. The standard InChI is InChI=1S/C38H67N2O3P.C31H65N2O3P.C11H26NOP/c1-27(2)17-14-18-30(7)19-15-20-31(8)21-16-23-38(12)24-22-35-34(11)36(32(9)33(10)37(35)42-38)43-44(41-26-25-39-13)40(28(3)4)29(5)6;1-7-9-10-11-12-13-14-15-16-17-18-19-22-25-31(34)32-26-23-20-21-24-28-36-37(35-27-8-2)33(29(3)4)30(5)6;1-7-8-9-13-14(6)12(10(2)3)11(4)5/h27-31H,14-26H2,1-12H3;29-30H,7-28H2,1-6H3,(H,32,34);10-11H,7-9H2,1-6H3/t30-,31-,38-,44?;;/m1../s1. The fourth-order valence-electron chi connectivity index (χ4n) is 13.1. The predicted octanol–water partition coefficient (Wildman–Crippen LogP) is 25.6. The second-order valence-corrected chi connectivity index (χ2v) is 35.0. The highest BCUT2D eigenvalue weighted by molar-refractivity contribution is 7.49. The minimum Gasteiger partial charge on any atom is -0.487 e. The summed E-state index contributed by atoms with van der Waals surface area (Å²) in [6.45, 7) is 64.9. The molecule has 0 bridgehead atoms. The molecule has 1 aromatic rings. The van der Waals surface area contributed by atoms with Gasteiger partial charge in [-0.25, -0.2) is 15.9 Å². The summed E-state index contributed by atoms with van der Waals surface area (Å²) in [5.41, 5.74) is 4.65. The monoisotopic (exact) mass is 1390 g/mol. The predicted molar refractivity (Wildman–Crippen MR) is 419 cm³/mol. The Morgan fingerprint density at radius 2 is 0.968 bits per heavy atom. The van der Waals surface area contributed by atoms with Crippen molar-refractivity contribution in [2.75, 3.05) is 46.2 Å². The molecule has 1 amide bonds. The first-order valence-corrected chi connectivity index (χ1v) is 43.4. The van der Waals surface area contributed by atoms with Crippen LogP contribution in [0.2, 0.25) is 0 Å². The Labute approximate surface area is 595 Å². The summed E-state index contributed by atoms with van der Waals surface area (Å²) in [7, 11) is -2.73. The minimum absolute atomic E-state index is 0.120. The first-order valence-electron chi connectivity index (χ1n) is 39.4. The average molecular weight is 1400 g/mol. The Kier molecular flexibility index (Phi) is 56.6. The van der Waals surface area contributed by atoms with Crippen LogP contribution in [0.1, 0.15) is 360 Å². The molecule has 6 atom stereocenters. The highest BCUT2D eigenvalue weighted by Gasteiger charge is 2.37. The van der Waals surface area contributed by atoms with Crippen molar-refractivity contribution in [3.05, 3.63) is 33.7 Å². The van der Waals surface area contributed by atoms with Gasteiger partial charge in [-0.05, 0) is 210 Å². The van der Waals surface area contributed by atoms with Gasteiger partial charge in [0.25, 0.3) is 8.53 Å². The smallest absolute Gasteiger partial charge is 0.321 e. The normalized spacial score (nSPS) is 15.8. The zero-order chi connectivity index (χ0) is 71.7. The number of nitrogens with one attached hydrogen (secondary N) is 1. The lowest BCUT2D eigenvalue weighted by Crippen LogP contribution is -2.37. The average Bonchev–Trinajstić information content (AvgIpc) is 0.760. The van der Waals surface area contributed by atoms with Gasteiger partial charge >= 0.3 is 8.53 Å². The fraction of sp³-hybridized carbons (Fsp3) is 0.900. The van der Waals surface area contributed by atoms with Crippen LogP contribution in [-0.4, -0.2) is 108 Å². The van der Waals surface area contributed by atoms with E-state index in [9.17, 15) is 4.79 Å². The van der Waals surface area contributed by atoms with E-state index in [1.54, 1.807) is 0 Å². The van der Waals surface area contributed by atoms with Gasteiger partial charge in [0.15, 0.2) is 0 Å². The van der Waals surface area contributed by atoms with E-state index >= 15 is 0 Å². The molecule has 3 unspecified atom stereocenters. The van der Waals surface area contributed by atoms with E-state index in [4.69, 9.17) is 33.9 Å². The molecule has 15 heteroatoms. The van der Waals surface area contributed by atoms with Crippen molar-refractivity contribution in [2.24, 2.45) is 17.8 Å². The zero-order valence-corrected chi connectivity index (χ0v) is 69.7. The Morgan fingerprint density at radius 3 is 1.47 bits per heavy atom. The number of ether oxygens (including phenoxy) is 1. The molecule has 1 aliphatic rings. The number of unbranched alkanes of at least 4 members (excludes halogenated alkanes) is 16. The van der Waals surface area contributed by atoms with E-state index in [1.807, 2.05) is 0 Å². The van der Waals surface area contributed by atoms with Crippen LogP contribution in [0.4, 0.5) is 0 Å². The van der Waals surface area contributed by atoms with Gasteiger partial charge in [0, 0.05) is 54.8 Å². The van der Waals surface area contributed by atoms with Gasteiger partial charge in [-0.1, -0.05) is 190 Å². The van der Waals surface area contributed by atoms with Crippen molar-refractivity contribution in [2.45, 2.75) is 407 Å². The van der Waals surface area contributed by atoms with Crippen molar-refractivity contribution >= 4 is 31.3 Å². The molecule has 0 aromatic heterocycles. The number of carbonyl (C=O) groups excluding carboxylic acids is 1. The van der Waals surface area contributed by atoms with Crippen LogP contribution in [-0.2, 0) is 29.3 Å². The number of rotatable bonds is 55. The summed E-state index contributed by atoms with van der Waals surface area (Å²) in [5.74, 6) is 4.71. The van der Waals surface area contributed by atoms with E-state index in [0.717, 1.165) is 119 Å². The summed E-state index contributed by atoms with van der Waals surface area (Å²) in [6, 6.07) is 2.50. The van der Waals surface area contributed by atoms with E-state index in [1.165, 1.54) is 158 Å². The SMILES string of the molecule is CCCCCCCCCCCCCCCC(=O)NCCCCCCOP(OCCC)N(C(C)C)C(C)C.CCCCOP(C)N(C(C)C)C(C)C.[C-]#[N+]CCOP(Oc1c(C)c(C)c2c(c1C)CC[C@@](C)(CCC[C@H](C)CCC[C@H](C)CCCC(C)C)O2)N(C(C)C)C(C)C. The zero-order valence-electron chi connectivity index (χ0n) is 67.1. The van der Waals surface area contributed by atoms with Gasteiger partial charge in [-0.15, -0.1) is 0 Å². The second-order valence-electron chi connectivity index (χ2n) is 30.5. The lowest BCUT2D eigenvalue weighted by atomic mass is 9.84. The van der Waals surface area contributed by atoms with Crippen molar-refractivity contribution in [3.8, 4) is 11.5 Å². The third-order valence-electron chi connectivity index (χ3n) is 18.6. The van der Waals surface area contributed by atoms with Gasteiger partial charge in [0.05, 0.1) is 19.8 Å². The van der Waals surface area contributed by atoms with Crippen LogP contribution in [0.5, 0.6) is 11.5 Å². The molecule has 0 fully saturated rings. The van der Waals surface area contributed by atoms with Gasteiger partial charge in [-0.3, -0.25) is 9.46 Å². The van der Waals surface area contributed by atoms with Crippen molar-refractivity contribution < 1.29 is 32.2 Å². The lowest BCUT2D eigenvalue weighted by Gasteiger charge is -2.39. The maximum atomic E-state index is 12.1. The van der Waals surface area contributed by atoms with E-state index < -0.39 is 25.4 Å². The maximum Gasteiger partial charge on any atom is 0.321 e. The molecule has 0 saturated heterocycles. The van der Waals surface area contributed by atoms with Crippen LogP contribution in [0, 0.1) is 45.1 Å². The van der Waals surface area contributed by atoms with Gasteiger partial charge < -0.3 is 37.5 Å². The van der Waals surface area contributed by atoms with Crippen LogP contribution < -0.4 is 14.6 Å². The molecule has 0 aliphatic carbocycles. The summed E-state index contributed by atoms with van der Waals surface area (Å²) in [4.78, 5) is 15.6. The van der Waals surface area contributed by atoms with Crippen molar-refractivity contribution in [1.29, 1.82) is 0 Å². The number of amides is 1. The van der Waals surface area contributed by atoms with Crippen LogP contribution in [0.25, 0.3) is 4.85 Å². The molecular weight excluding hydrogens is 1240 g/mol. The van der Waals surface area contributed by atoms with E-state index in [0.29, 0.717) is 43.7 Å². The summed E-state index contributed by atoms with van der Waals surface area (Å²) >= 11 is 0. The Bertz CT molecular complexity index is 2030. The molecule has 560 valence electrons. The van der Waals surface area contributed by atoms with Gasteiger partial charge in [0.2, 0.25) is 12.5 Å². The molecule has 1 heterocycles. The number of nitrogens with zero attached hydrogens (tertiary/aromatic N) is 4. The molecule has 2 rings (SSSR count). The number of benzene rings is 1. The quantitative estimate of drug-likeness (QED) is 0.0386. The minimum atomic E-state index is -1.35. The van der Waals surface area contributed by atoms with Gasteiger partial charge in [0.1, 0.15) is 32.0 Å². The lowest BCUT2D eigenvalue weighted by molar-refractivity contribution is -0.121. The highest BCUT2D eigenvalue weighted by Crippen LogP contribution is 2.52. The molecular formula is C80H158N5O7P3. The number of carbonyl (C=O) groups is 1. The molecule has 0 spiro atoms. The highest BCUT2D eigenvalue weighted by atomic mass is 31.2. The first-order chi connectivity index (χ1) is 45.1. The first kappa shape index (κ1) is 93.8. The van der Waals surface area contributed by atoms with E-state index in [-0.39, 0.29) is 23.6 Å². The Morgan fingerprint density at radius 1 is 0.516 bits per heavy atom. The largest absolute Gasteiger partial charge is 0.487 e. The molecule has 1 aromatic carbocycles. The topological polar surface area (TPSA) is 98.6 Å². The van der Waals surface area contributed by atoms with Crippen molar-refractivity contribution in [3.63, 3.8) is 0 Å². The summed E-state index contributed by atoms with van der Waals surface area (Å²) in [6.07, 6.45) is 39.8. The molecule has 95 heavy (non-hydrogen) atoms. The molecule has 0 radical (unpaired) electrons. The van der Waals surface area contributed by atoms with Crippen LogP contribution in [0.3, 0.4) is 0 Å². The number of hydrogen-bond donors (Lipinski definition) is 1. The molecule has 0 saturated carbocycles. The third kappa shape index (κ3) is 43.4. The van der Waals surface area contributed by atoms with Crippen LogP contribution in [0.15, 0.2) is 0 Å². The molecule has 1 N–H and O–H groups in total. The van der Waals surface area contributed by atoms with E-state index in [2.05, 4.69) is 190 Å². The maximum absolute atomic E-state index is 12.1. The number of fused-ring (bicyclic) bond motifs is 1. The van der Waals surface area contributed by atoms with Crippen LogP contribution >= 0.6 is 25.4 Å². The Hall–Kier alpha value is -1.21. The van der Waals surface area contributed by atoms with Gasteiger partial charge in [-0.2, -0.15) is 0 Å². The molecule has 12 nitrogen and oxygen atoms in total. The molecule has 1 aliphatic heterocycles. The second kappa shape index (κ2) is 57.3. The fourth-order valence-corrected chi connectivity index (χ4v) is 18.3. The summed E-state index contributed by atoms with van der Waals surface area (Å²) in [5, 5.41) is 3.10. The van der Waals surface area contributed by atoms with Crippen molar-refractivity contribution in [1.82, 2.24) is 19.3 Å². The third-order valence-corrected chi connectivity index (χ3v) is 24.9. The number of hydrogen-bond acceptors (Lipinski definition) is 10.